The number of aromatic nitrogens is 4. The van der Waals surface area contributed by atoms with Crippen LogP contribution >= 0.6 is 14.5 Å². The summed E-state index contributed by atoms with van der Waals surface area (Å²) in [5.41, 5.74) is 5.58. The van der Waals surface area contributed by atoms with E-state index in [9.17, 15) is 48.6 Å². The Morgan fingerprint density at radius 2 is 1.53 bits per heavy atom. The molecule has 9 unspecified atom stereocenters. The van der Waals surface area contributed by atoms with Crippen LogP contribution in [0.1, 0.15) is 54.7 Å². The van der Waals surface area contributed by atoms with Gasteiger partial charge in [0.1, 0.15) is 30.7 Å². The number of hydrogen-bond donors (Lipinski definition) is 3. The Labute approximate surface area is 357 Å². The summed E-state index contributed by atoms with van der Waals surface area (Å²) in [6, 6.07) is 1.57. The molecule has 3 heterocycles. The number of nitriles is 1. The lowest BCUT2D eigenvalue weighted by molar-refractivity contribution is -0.178. The van der Waals surface area contributed by atoms with Crippen LogP contribution in [0.25, 0.3) is 11.2 Å². The Kier molecular flexibility index (Phi) is 18.5. The van der Waals surface area contributed by atoms with Gasteiger partial charge in [0.15, 0.2) is 42.1 Å². The number of imidazole rings is 1. The normalized spacial score (nSPS) is 21.6. The van der Waals surface area contributed by atoms with Crippen LogP contribution in [-0.4, -0.2) is 128 Å². The largest absolute Gasteiger partial charge is 0.481 e. The minimum atomic E-state index is -5.79. The molecule has 29 heteroatoms. The molecule has 26 nitrogen and oxygen atoms in total. The van der Waals surface area contributed by atoms with Crippen LogP contribution in [0.15, 0.2) is 24.8 Å². The minimum absolute atomic E-state index is 0.00908. The Morgan fingerprint density at radius 1 is 0.935 bits per heavy atom. The van der Waals surface area contributed by atoms with E-state index >= 15 is 0 Å². The Hall–Kier alpha value is -5.00. The number of carbonyl (C=O) groups excluding carboxylic acids is 6. The minimum Gasteiger partial charge on any atom is -0.465 e. The topological polar surface area (TPSA) is 355 Å². The standard InChI is InChI=1S/C33H44N6O20P2S/c1-15(11-49-17(3)40)25(52-18(4)41)26(53-19(5)42)16(2)27(54-20(6)43)33(46)58-60(47,48)59-61(62,50-10-9-34)51-12-23-28(55-21(7)44)29(56-22(8)45)32(57-23)39-14-38-24-30(35)36-13-37-31(24)39/h13-15,23,25-29,32-33,46H,2,10-12H2,1,3-8H3,(H,47,48)(H2,35,36,37)/t15?,23?,25?,26-,27-,28?,29?,32?,33?,61?/m1/s1. The molecule has 342 valence electrons. The predicted molar refractivity (Wildman–Crippen MR) is 206 cm³/mol. The maximum absolute atomic E-state index is 13.5. The van der Waals surface area contributed by atoms with Crippen molar-refractivity contribution in [2.75, 3.05) is 25.6 Å². The number of nitrogens with two attached hydrogens (primary N) is 1. The van der Waals surface area contributed by atoms with Crippen LogP contribution in [0.2, 0.25) is 0 Å². The van der Waals surface area contributed by atoms with Crippen molar-refractivity contribution in [3.05, 3.63) is 24.8 Å². The van der Waals surface area contributed by atoms with Crippen LogP contribution in [-0.2, 0) is 96.2 Å². The van der Waals surface area contributed by atoms with Gasteiger partial charge in [-0.15, -0.1) is 0 Å². The zero-order chi connectivity index (χ0) is 46.7. The number of phosphoric acid groups is 1. The fourth-order valence-electron chi connectivity index (χ4n) is 5.67. The molecule has 2 aromatic heterocycles. The third-order valence-electron chi connectivity index (χ3n) is 7.97. The molecule has 0 radical (unpaired) electrons. The number of ether oxygens (including phenoxy) is 7. The third kappa shape index (κ3) is 14.5. The summed E-state index contributed by atoms with van der Waals surface area (Å²) in [6.07, 6.45) is -11.6. The molecule has 0 aliphatic carbocycles. The highest BCUT2D eigenvalue weighted by atomic mass is 32.5. The Balaban J connectivity index is 1.95. The molecular formula is C33H44N6O20P2S. The third-order valence-corrected chi connectivity index (χ3v) is 12.2. The number of carbonyl (C=O) groups is 6. The SMILES string of the molecule is C=C([C@@H](OC(C)=O)C(O)OP(=O)(O)OP(=S)(OCC#N)OCC1OC(n2cnc3c(N)ncnc32)C(OC(C)=O)C1OC(C)=O)[C@@H](OC(C)=O)C(OC(C)=O)C(C)COC(C)=O. The molecule has 0 aromatic carbocycles. The van der Waals surface area contributed by atoms with Crippen molar-refractivity contribution in [3.8, 4) is 6.07 Å². The summed E-state index contributed by atoms with van der Waals surface area (Å²) >= 11 is 5.30. The van der Waals surface area contributed by atoms with Gasteiger partial charge in [-0.2, -0.15) is 5.26 Å². The van der Waals surface area contributed by atoms with E-state index in [1.807, 2.05) is 0 Å². The van der Waals surface area contributed by atoms with Gasteiger partial charge in [0.05, 0.1) is 25.6 Å². The molecule has 3 rings (SSSR count). The maximum atomic E-state index is 13.5. The molecule has 0 amide bonds. The van der Waals surface area contributed by atoms with Gasteiger partial charge in [0.25, 0.3) is 0 Å². The van der Waals surface area contributed by atoms with E-state index in [0.717, 1.165) is 47.9 Å². The van der Waals surface area contributed by atoms with Crippen molar-refractivity contribution in [2.24, 2.45) is 5.92 Å². The molecule has 0 saturated carbocycles. The second kappa shape index (κ2) is 22.4. The number of hydrogen-bond acceptors (Lipinski definition) is 25. The number of nitrogen functional groups attached to an aromatic ring is 1. The molecule has 1 aliphatic rings. The predicted octanol–water partition coefficient (Wildman–Crippen LogP) is 0.953. The monoisotopic (exact) mass is 938 g/mol. The molecule has 62 heavy (non-hydrogen) atoms. The number of esters is 6. The first-order chi connectivity index (χ1) is 28.9. The van der Waals surface area contributed by atoms with Gasteiger partial charge in [-0.05, 0) is 11.8 Å². The first kappa shape index (κ1) is 51.4. The highest BCUT2D eigenvalue weighted by Crippen LogP contribution is 2.64. The van der Waals surface area contributed by atoms with Crippen LogP contribution in [0.4, 0.5) is 5.82 Å². The van der Waals surface area contributed by atoms with Crippen LogP contribution in [0, 0.1) is 17.2 Å². The number of phosphoric ester groups is 1. The summed E-state index contributed by atoms with van der Waals surface area (Å²) in [4.78, 5) is 95.7. The fraction of sp³-hybridized carbons (Fsp3) is 0.576. The molecule has 1 aliphatic heterocycles. The molecule has 1 fully saturated rings. The fourth-order valence-corrected chi connectivity index (χ4v) is 9.31. The number of aliphatic hydroxyl groups excluding tert-OH is 1. The summed E-state index contributed by atoms with van der Waals surface area (Å²) < 4.78 is 73.4. The lowest BCUT2D eigenvalue weighted by Gasteiger charge is -2.35. The van der Waals surface area contributed by atoms with Gasteiger partial charge in [-0.3, -0.25) is 42.4 Å². The highest BCUT2D eigenvalue weighted by Gasteiger charge is 2.52. The van der Waals surface area contributed by atoms with Crippen molar-refractivity contribution in [2.45, 2.75) is 97.6 Å². The van der Waals surface area contributed by atoms with E-state index in [-0.39, 0.29) is 17.0 Å². The van der Waals surface area contributed by atoms with Gasteiger partial charge in [-0.1, -0.05) is 13.5 Å². The number of anilines is 1. The van der Waals surface area contributed by atoms with Crippen LogP contribution in [0.5, 0.6) is 0 Å². The van der Waals surface area contributed by atoms with Crippen molar-refractivity contribution in [1.82, 2.24) is 19.5 Å². The summed E-state index contributed by atoms with van der Waals surface area (Å²) in [6.45, 7) is 4.29. The van der Waals surface area contributed by atoms with Crippen molar-refractivity contribution in [3.63, 3.8) is 0 Å². The van der Waals surface area contributed by atoms with Gasteiger partial charge in [0.2, 0.25) is 6.29 Å². The van der Waals surface area contributed by atoms with E-state index in [0.29, 0.717) is 0 Å². The van der Waals surface area contributed by atoms with E-state index in [1.165, 1.54) is 17.8 Å². The van der Waals surface area contributed by atoms with E-state index < -0.39 is 131 Å². The smallest absolute Gasteiger partial charge is 0.465 e. The molecular weight excluding hydrogens is 894 g/mol. The Morgan fingerprint density at radius 3 is 2.10 bits per heavy atom. The number of nitrogens with zero attached hydrogens (tertiary/aromatic N) is 5. The first-order valence-electron chi connectivity index (χ1n) is 17.8. The van der Waals surface area contributed by atoms with E-state index in [2.05, 4.69) is 21.5 Å². The second-order valence-corrected chi connectivity index (χ2v) is 17.6. The number of aliphatic hydroxyl groups is 1. The van der Waals surface area contributed by atoms with E-state index in [1.54, 1.807) is 6.07 Å². The molecule has 0 spiro atoms. The van der Waals surface area contributed by atoms with Crippen molar-refractivity contribution < 1.29 is 94.4 Å². The number of fused-ring (bicyclic) bond motifs is 1. The van der Waals surface area contributed by atoms with Gasteiger partial charge < -0.3 is 53.4 Å². The van der Waals surface area contributed by atoms with E-state index in [4.69, 9.17) is 68.6 Å². The summed E-state index contributed by atoms with van der Waals surface area (Å²) in [7, 11) is -5.79. The zero-order valence-corrected chi connectivity index (χ0v) is 36.6. The lowest BCUT2D eigenvalue weighted by atomic mass is 9.92. The van der Waals surface area contributed by atoms with Crippen molar-refractivity contribution in [1.29, 1.82) is 5.26 Å². The molecule has 11 atom stereocenters. The molecule has 4 N–H and O–H groups in total. The highest BCUT2D eigenvalue weighted by molar-refractivity contribution is 8.08. The van der Waals surface area contributed by atoms with Crippen LogP contribution in [0.3, 0.4) is 0 Å². The zero-order valence-electron chi connectivity index (χ0n) is 34.0. The second-order valence-electron chi connectivity index (χ2n) is 13.0. The average Bonchev–Trinajstić information content (AvgIpc) is 3.72. The molecule has 2 aromatic rings. The van der Waals surface area contributed by atoms with Gasteiger partial charge in [0, 0.05) is 53.0 Å². The summed E-state index contributed by atoms with van der Waals surface area (Å²) in [5, 5.41) is 20.4. The Bertz CT molecular complexity index is 2150. The molecule has 0 bridgehead atoms. The first-order valence-corrected chi connectivity index (χ1v) is 21.9. The average molecular weight is 939 g/mol. The van der Waals surface area contributed by atoms with Gasteiger partial charge >= 0.3 is 50.4 Å². The maximum Gasteiger partial charge on any atom is 0.481 e. The quantitative estimate of drug-likeness (QED) is 0.0486. The van der Waals surface area contributed by atoms with Crippen molar-refractivity contribution >= 4 is 79.1 Å². The summed E-state index contributed by atoms with van der Waals surface area (Å²) in [5.74, 6) is -6.45. The molecule has 1 saturated heterocycles. The number of rotatable bonds is 22. The van der Waals surface area contributed by atoms with Gasteiger partial charge in [-0.25, -0.2) is 23.8 Å². The van der Waals surface area contributed by atoms with Crippen LogP contribution < -0.4 is 5.73 Å². The lowest BCUT2D eigenvalue weighted by Crippen LogP contribution is -2.47.